The Hall–Kier alpha value is -1.99. The van der Waals surface area contributed by atoms with Gasteiger partial charge in [0.25, 0.3) is 0 Å². The number of anilines is 1. The maximum absolute atomic E-state index is 8.70. The highest BCUT2D eigenvalue weighted by atomic mass is 79.9. The molecule has 0 heterocycles. The molecule has 90 valence electrons. The summed E-state index contributed by atoms with van der Waals surface area (Å²) in [5, 5.41) is 8.70. The summed E-state index contributed by atoms with van der Waals surface area (Å²) in [6.07, 6.45) is 0. The number of nitriles is 1. The SMILES string of the molecule is N#Cc1ccc(COc2ccc(N)cc2Br)cc1. The first-order valence-corrected chi connectivity index (χ1v) is 6.15. The Morgan fingerprint density at radius 2 is 1.89 bits per heavy atom. The molecule has 0 aliphatic carbocycles. The number of hydrogen-bond acceptors (Lipinski definition) is 3. The Kier molecular flexibility index (Phi) is 3.85. The molecule has 0 bridgehead atoms. The second kappa shape index (κ2) is 5.56. The number of nitrogen functional groups attached to an aromatic ring is 1. The topological polar surface area (TPSA) is 59.0 Å². The standard InChI is InChI=1S/C14H11BrN2O/c15-13-7-12(17)5-6-14(13)18-9-11-3-1-10(8-16)2-4-11/h1-7H,9,17H2. The van der Waals surface area contributed by atoms with Crippen LogP contribution >= 0.6 is 15.9 Å². The van der Waals surface area contributed by atoms with Gasteiger partial charge in [-0.3, -0.25) is 0 Å². The molecule has 4 heteroatoms. The first-order chi connectivity index (χ1) is 8.69. The Morgan fingerprint density at radius 1 is 1.17 bits per heavy atom. The summed E-state index contributed by atoms with van der Waals surface area (Å²) in [4.78, 5) is 0. The van der Waals surface area contributed by atoms with Gasteiger partial charge in [-0.25, -0.2) is 0 Å². The van der Waals surface area contributed by atoms with E-state index in [0.29, 0.717) is 17.9 Å². The van der Waals surface area contributed by atoms with Gasteiger partial charge in [0.05, 0.1) is 16.1 Å². The van der Waals surface area contributed by atoms with Crippen LogP contribution in [0, 0.1) is 11.3 Å². The lowest BCUT2D eigenvalue weighted by atomic mass is 10.2. The normalized spacial score (nSPS) is 9.78. The van der Waals surface area contributed by atoms with Crippen molar-refractivity contribution >= 4 is 21.6 Å². The monoisotopic (exact) mass is 302 g/mol. The van der Waals surface area contributed by atoms with Crippen LogP contribution in [0.15, 0.2) is 46.9 Å². The van der Waals surface area contributed by atoms with Crippen molar-refractivity contribution in [3.63, 3.8) is 0 Å². The molecule has 0 spiro atoms. The summed E-state index contributed by atoms with van der Waals surface area (Å²) in [6.45, 7) is 0.453. The summed E-state index contributed by atoms with van der Waals surface area (Å²) >= 11 is 3.40. The quantitative estimate of drug-likeness (QED) is 0.883. The number of nitrogens with two attached hydrogens (primary N) is 1. The molecule has 0 atom stereocenters. The highest BCUT2D eigenvalue weighted by Gasteiger charge is 2.02. The van der Waals surface area contributed by atoms with E-state index in [-0.39, 0.29) is 0 Å². The van der Waals surface area contributed by atoms with E-state index in [0.717, 1.165) is 15.8 Å². The first kappa shape index (κ1) is 12.5. The van der Waals surface area contributed by atoms with Crippen molar-refractivity contribution in [1.82, 2.24) is 0 Å². The van der Waals surface area contributed by atoms with E-state index in [2.05, 4.69) is 22.0 Å². The molecule has 2 rings (SSSR count). The van der Waals surface area contributed by atoms with Crippen molar-refractivity contribution < 1.29 is 4.74 Å². The zero-order valence-corrected chi connectivity index (χ0v) is 11.1. The van der Waals surface area contributed by atoms with Crippen LogP contribution in [0.5, 0.6) is 5.75 Å². The molecule has 2 aromatic rings. The lowest BCUT2D eigenvalue weighted by molar-refractivity contribution is 0.304. The molecule has 2 N–H and O–H groups in total. The molecular weight excluding hydrogens is 292 g/mol. The van der Waals surface area contributed by atoms with E-state index in [1.165, 1.54) is 0 Å². The molecule has 18 heavy (non-hydrogen) atoms. The average molecular weight is 303 g/mol. The van der Waals surface area contributed by atoms with Crippen molar-refractivity contribution in [3.8, 4) is 11.8 Å². The molecule has 0 saturated carbocycles. The zero-order valence-electron chi connectivity index (χ0n) is 9.56. The zero-order chi connectivity index (χ0) is 13.0. The van der Waals surface area contributed by atoms with Gasteiger partial charge >= 0.3 is 0 Å². The van der Waals surface area contributed by atoms with E-state index in [1.807, 2.05) is 18.2 Å². The fraction of sp³-hybridized carbons (Fsp3) is 0.0714. The fourth-order valence-corrected chi connectivity index (χ4v) is 1.98. The average Bonchev–Trinajstić information content (AvgIpc) is 2.38. The maximum atomic E-state index is 8.70. The van der Waals surface area contributed by atoms with Crippen LogP contribution in [0.3, 0.4) is 0 Å². The molecule has 0 aliphatic rings. The molecule has 3 nitrogen and oxygen atoms in total. The number of rotatable bonds is 3. The number of halogens is 1. The Bertz CT molecular complexity index is 588. The molecule has 2 aromatic carbocycles. The van der Waals surface area contributed by atoms with Crippen LogP contribution in [0.4, 0.5) is 5.69 Å². The number of hydrogen-bond donors (Lipinski definition) is 1. The lowest BCUT2D eigenvalue weighted by Crippen LogP contribution is -1.96. The van der Waals surface area contributed by atoms with Crippen LogP contribution in [0.2, 0.25) is 0 Å². The molecule has 0 aliphatic heterocycles. The predicted octanol–water partition coefficient (Wildman–Crippen LogP) is 3.48. The first-order valence-electron chi connectivity index (χ1n) is 5.36. The van der Waals surface area contributed by atoms with Crippen molar-refractivity contribution in [3.05, 3.63) is 58.1 Å². The fourth-order valence-electron chi connectivity index (χ4n) is 1.47. The van der Waals surface area contributed by atoms with Gasteiger partial charge in [-0.2, -0.15) is 5.26 Å². The summed E-state index contributed by atoms with van der Waals surface area (Å²) in [6, 6.07) is 14.8. The maximum Gasteiger partial charge on any atom is 0.134 e. The van der Waals surface area contributed by atoms with E-state index < -0.39 is 0 Å². The van der Waals surface area contributed by atoms with E-state index in [9.17, 15) is 0 Å². The Balaban J connectivity index is 2.04. The van der Waals surface area contributed by atoms with Gasteiger partial charge in [0, 0.05) is 5.69 Å². The highest BCUT2D eigenvalue weighted by molar-refractivity contribution is 9.10. The second-order valence-electron chi connectivity index (χ2n) is 3.79. The molecule has 0 radical (unpaired) electrons. The van der Waals surface area contributed by atoms with Crippen LogP contribution < -0.4 is 10.5 Å². The number of nitrogens with zero attached hydrogens (tertiary/aromatic N) is 1. The third-order valence-electron chi connectivity index (χ3n) is 2.43. The van der Waals surface area contributed by atoms with Crippen molar-refractivity contribution in [2.24, 2.45) is 0 Å². The molecule has 0 saturated heterocycles. The summed E-state index contributed by atoms with van der Waals surface area (Å²) < 4.78 is 6.50. The van der Waals surface area contributed by atoms with Gasteiger partial charge in [0.15, 0.2) is 0 Å². The minimum atomic E-state index is 0.453. The van der Waals surface area contributed by atoms with E-state index in [4.69, 9.17) is 15.7 Å². The molecular formula is C14H11BrN2O. The minimum absolute atomic E-state index is 0.453. The summed E-state index contributed by atoms with van der Waals surface area (Å²) in [7, 11) is 0. The lowest BCUT2D eigenvalue weighted by Gasteiger charge is -2.08. The van der Waals surface area contributed by atoms with Gasteiger partial charge in [-0.15, -0.1) is 0 Å². The third-order valence-corrected chi connectivity index (χ3v) is 3.05. The van der Waals surface area contributed by atoms with Crippen molar-refractivity contribution in [2.75, 3.05) is 5.73 Å². The smallest absolute Gasteiger partial charge is 0.134 e. The molecule has 0 amide bonds. The van der Waals surface area contributed by atoms with Crippen molar-refractivity contribution in [1.29, 1.82) is 5.26 Å². The highest BCUT2D eigenvalue weighted by Crippen LogP contribution is 2.27. The van der Waals surface area contributed by atoms with Crippen LogP contribution in [0.25, 0.3) is 0 Å². The van der Waals surface area contributed by atoms with Crippen LogP contribution in [-0.4, -0.2) is 0 Å². The Labute approximate surface area is 114 Å². The van der Waals surface area contributed by atoms with E-state index in [1.54, 1.807) is 24.3 Å². The minimum Gasteiger partial charge on any atom is -0.488 e. The van der Waals surface area contributed by atoms with Crippen molar-refractivity contribution in [2.45, 2.75) is 6.61 Å². The summed E-state index contributed by atoms with van der Waals surface area (Å²) in [5.74, 6) is 0.744. The molecule has 0 unspecified atom stereocenters. The van der Waals surface area contributed by atoms with Gasteiger partial charge in [0.2, 0.25) is 0 Å². The van der Waals surface area contributed by atoms with Crippen LogP contribution in [0.1, 0.15) is 11.1 Å². The number of ether oxygens (including phenoxy) is 1. The largest absolute Gasteiger partial charge is 0.488 e. The number of benzene rings is 2. The van der Waals surface area contributed by atoms with Gasteiger partial charge in [0.1, 0.15) is 12.4 Å². The van der Waals surface area contributed by atoms with Gasteiger partial charge in [-0.05, 0) is 51.8 Å². The van der Waals surface area contributed by atoms with Crippen LogP contribution in [-0.2, 0) is 6.61 Å². The van der Waals surface area contributed by atoms with Gasteiger partial charge < -0.3 is 10.5 Å². The predicted molar refractivity (Wildman–Crippen MR) is 74.0 cm³/mol. The van der Waals surface area contributed by atoms with E-state index >= 15 is 0 Å². The van der Waals surface area contributed by atoms with Gasteiger partial charge in [-0.1, -0.05) is 12.1 Å². The Morgan fingerprint density at radius 3 is 2.50 bits per heavy atom. The molecule has 0 fully saturated rings. The second-order valence-corrected chi connectivity index (χ2v) is 4.64. The molecule has 0 aromatic heterocycles. The summed E-state index contributed by atoms with van der Waals surface area (Å²) in [5.41, 5.74) is 8.00. The third kappa shape index (κ3) is 3.02.